The molecule has 10 heteroatoms. The first kappa shape index (κ1) is 25.5. The van der Waals surface area contributed by atoms with E-state index in [1.54, 1.807) is 24.3 Å². The maximum Gasteiger partial charge on any atom is 0.276 e. The van der Waals surface area contributed by atoms with Gasteiger partial charge in [0.25, 0.3) is 5.56 Å². The lowest BCUT2D eigenvalue weighted by molar-refractivity contribution is 0.285. The molecule has 7 nitrogen and oxygen atoms in total. The van der Waals surface area contributed by atoms with Gasteiger partial charge in [-0.1, -0.05) is 38.4 Å². The summed E-state index contributed by atoms with van der Waals surface area (Å²) < 4.78 is 7.48. The monoisotopic (exact) mass is 573 g/mol. The molecular formula is C25H25BrClN5O2S. The SMILES string of the molecule is Cc1nc(COc2nc(C)n(-c3cc(-c4nc(C(C)(C)C)ncc4C)ccc3Cl)c(=O)c2Br)cs1. The van der Waals surface area contributed by atoms with Crippen molar-refractivity contribution in [3.8, 4) is 22.8 Å². The molecule has 1 aromatic carbocycles. The Kier molecular flexibility index (Phi) is 7.13. The van der Waals surface area contributed by atoms with Crippen LogP contribution in [-0.2, 0) is 12.0 Å². The lowest BCUT2D eigenvalue weighted by Gasteiger charge is -2.19. The second kappa shape index (κ2) is 9.79. The van der Waals surface area contributed by atoms with Crippen molar-refractivity contribution in [1.82, 2.24) is 24.5 Å². The molecule has 0 N–H and O–H groups in total. The minimum atomic E-state index is -0.323. The highest BCUT2D eigenvalue weighted by atomic mass is 79.9. The predicted octanol–water partition coefficient (Wildman–Crippen LogP) is 6.36. The molecule has 0 aliphatic rings. The molecule has 0 atom stereocenters. The summed E-state index contributed by atoms with van der Waals surface area (Å²) in [5.41, 5.74) is 3.32. The Balaban J connectivity index is 1.76. The zero-order valence-electron chi connectivity index (χ0n) is 20.3. The van der Waals surface area contributed by atoms with E-state index in [1.165, 1.54) is 4.57 Å². The van der Waals surface area contributed by atoms with Crippen LogP contribution in [0.25, 0.3) is 16.9 Å². The third kappa shape index (κ3) is 5.32. The smallest absolute Gasteiger partial charge is 0.276 e. The Morgan fingerprint density at radius 2 is 1.89 bits per heavy atom. The van der Waals surface area contributed by atoms with E-state index in [1.807, 2.05) is 37.6 Å². The van der Waals surface area contributed by atoms with Gasteiger partial charge in [-0.15, -0.1) is 11.3 Å². The zero-order chi connectivity index (χ0) is 25.5. The van der Waals surface area contributed by atoms with Crippen LogP contribution >= 0.6 is 38.9 Å². The standard InChI is InChI=1S/C25H25BrClN5O2S/c1-13-10-28-24(25(4,5)6)31-21(13)16-7-8-18(27)19(9-16)32-14(2)29-22(20(26)23(32)33)34-11-17-12-35-15(3)30-17/h7-10,12H,11H2,1-6H3. The molecule has 0 radical (unpaired) electrons. The molecule has 0 saturated carbocycles. The molecule has 182 valence electrons. The van der Waals surface area contributed by atoms with E-state index in [-0.39, 0.29) is 27.9 Å². The number of nitrogens with zero attached hydrogens (tertiary/aromatic N) is 5. The fraction of sp³-hybridized carbons (Fsp3) is 0.320. The van der Waals surface area contributed by atoms with Crippen LogP contribution in [-0.4, -0.2) is 24.5 Å². The summed E-state index contributed by atoms with van der Waals surface area (Å²) in [5, 5.41) is 3.29. The Labute approximate surface area is 221 Å². The van der Waals surface area contributed by atoms with Crippen LogP contribution in [0.3, 0.4) is 0 Å². The van der Waals surface area contributed by atoms with Gasteiger partial charge < -0.3 is 4.74 Å². The fourth-order valence-electron chi connectivity index (χ4n) is 3.51. The first-order chi connectivity index (χ1) is 16.5. The summed E-state index contributed by atoms with van der Waals surface area (Å²) in [6.07, 6.45) is 1.82. The Hall–Kier alpha value is -2.62. The minimum absolute atomic E-state index is 0.201. The van der Waals surface area contributed by atoms with Crippen LogP contribution in [0.5, 0.6) is 5.88 Å². The summed E-state index contributed by atoms with van der Waals surface area (Å²) in [7, 11) is 0. The number of hydrogen-bond donors (Lipinski definition) is 0. The van der Waals surface area contributed by atoms with Gasteiger partial charge in [0, 0.05) is 22.6 Å². The van der Waals surface area contributed by atoms with Crippen LogP contribution in [0.15, 0.2) is 39.0 Å². The molecule has 4 rings (SSSR count). The van der Waals surface area contributed by atoms with Crippen LogP contribution < -0.4 is 10.3 Å². The Morgan fingerprint density at radius 3 is 2.54 bits per heavy atom. The van der Waals surface area contributed by atoms with Crippen LogP contribution in [0.1, 0.15) is 48.7 Å². The highest BCUT2D eigenvalue weighted by Crippen LogP contribution is 2.31. The Morgan fingerprint density at radius 1 is 1.14 bits per heavy atom. The number of hydrogen-bond acceptors (Lipinski definition) is 7. The van der Waals surface area contributed by atoms with Gasteiger partial charge in [0.05, 0.1) is 27.1 Å². The lowest BCUT2D eigenvalue weighted by atomic mass is 9.95. The molecule has 3 aromatic heterocycles. The molecule has 0 unspecified atom stereocenters. The summed E-state index contributed by atoms with van der Waals surface area (Å²) in [4.78, 5) is 31.6. The van der Waals surface area contributed by atoms with E-state index >= 15 is 0 Å². The average molecular weight is 575 g/mol. The first-order valence-electron chi connectivity index (χ1n) is 10.9. The predicted molar refractivity (Wildman–Crippen MR) is 143 cm³/mol. The first-order valence-corrected chi connectivity index (χ1v) is 13.0. The molecule has 35 heavy (non-hydrogen) atoms. The van der Waals surface area contributed by atoms with E-state index in [4.69, 9.17) is 21.3 Å². The third-order valence-corrected chi connectivity index (χ3v) is 7.11. The highest BCUT2D eigenvalue weighted by molar-refractivity contribution is 9.10. The number of ether oxygens (including phenoxy) is 1. The minimum Gasteiger partial charge on any atom is -0.470 e. The molecule has 3 heterocycles. The zero-order valence-corrected chi connectivity index (χ0v) is 23.5. The van der Waals surface area contributed by atoms with Gasteiger partial charge in [0.1, 0.15) is 22.7 Å². The maximum absolute atomic E-state index is 13.4. The van der Waals surface area contributed by atoms with E-state index in [9.17, 15) is 4.79 Å². The van der Waals surface area contributed by atoms with Crippen molar-refractivity contribution in [2.45, 2.75) is 53.6 Å². The fourth-order valence-corrected chi connectivity index (χ4v) is 4.69. The number of thiazole rings is 1. The number of halogens is 2. The lowest BCUT2D eigenvalue weighted by Crippen LogP contribution is -2.24. The molecule has 0 spiro atoms. The second-order valence-corrected chi connectivity index (χ2v) is 11.5. The molecule has 0 aliphatic carbocycles. The summed E-state index contributed by atoms with van der Waals surface area (Å²) >= 11 is 11.5. The average Bonchev–Trinajstić information content (AvgIpc) is 3.21. The quantitative estimate of drug-likeness (QED) is 0.276. The van der Waals surface area contributed by atoms with Crippen LogP contribution in [0.2, 0.25) is 5.02 Å². The molecule has 0 aliphatic heterocycles. The van der Waals surface area contributed by atoms with Crippen LogP contribution in [0, 0.1) is 20.8 Å². The summed E-state index contributed by atoms with van der Waals surface area (Å²) in [5.74, 6) is 1.39. The van der Waals surface area contributed by atoms with Crippen molar-refractivity contribution in [2.75, 3.05) is 0 Å². The maximum atomic E-state index is 13.4. The third-order valence-electron chi connectivity index (χ3n) is 5.29. The van der Waals surface area contributed by atoms with Crippen molar-refractivity contribution >= 4 is 38.9 Å². The molecule has 0 bridgehead atoms. The largest absolute Gasteiger partial charge is 0.470 e. The molecule has 0 amide bonds. The van der Waals surface area contributed by atoms with Gasteiger partial charge in [-0.25, -0.2) is 15.0 Å². The van der Waals surface area contributed by atoms with E-state index < -0.39 is 0 Å². The normalized spacial score (nSPS) is 11.7. The van der Waals surface area contributed by atoms with Crippen LogP contribution in [0.4, 0.5) is 0 Å². The van der Waals surface area contributed by atoms with Gasteiger partial charge in [-0.3, -0.25) is 9.36 Å². The van der Waals surface area contributed by atoms with Gasteiger partial charge in [0.15, 0.2) is 0 Å². The van der Waals surface area contributed by atoms with Crippen molar-refractivity contribution in [2.24, 2.45) is 0 Å². The van der Waals surface area contributed by atoms with E-state index in [0.29, 0.717) is 16.5 Å². The molecule has 4 aromatic rings. The summed E-state index contributed by atoms with van der Waals surface area (Å²) in [6, 6.07) is 5.51. The van der Waals surface area contributed by atoms with Crippen molar-refractivity contribution in [1.29, 1.82) is 0 Å². The van der Waals surface area contributed by atoms with Gasteiger partial charge in [0.2, 0.25) is 5.88 Å². The molecule has 0 saturated heterocycles. The van der Waals surface area contributed by atoms with Crippen molar-refractivity contribution < 1.29 is 4.74 Å². The van der Waals surface area contributed by atoms with E-state index in [0.717, 1.165) is 33.3 Å². The van der Waals surface area contributed by atoms with Gasteiger partial charge in [-0.05, 0) is 54.4 Å². The molecule has 0 fully saturated rings. The van der Waals surface area contributed by atoms with Gasteiger partial charge in [-0.2, -0.15) is 4.98 Å². The number of aryl methyl sites for hydroxylation is 3. The van der Waals surface area contributed by atoms with E-state index in [2.05, 4.69) is 51.7 Å². The van der Waals surface area contributed by atoms with Gasteiger partial charge >= 0.3 is 0 Å². The second-order valence-electron chi connectivity index (χ2n) is 9.21. The van der Waals surface area contributed by atoms with Crippen molar-refractivity contribution in [3.63, 3.8) is 0 Å². The Bertz CT molecular complexity index is 1480. The topological polar surface area (TPSA) is 82.8 Å². The van der Waals surface area contributed by atoms with Crippen molar-refractivity contribution in [3.05, 3.63) is 77.5 Å². The highest BCUT2D eigenvalue weighted by Gasteiger charge is 2.21. The number of aromatic nitrogens is 5. The summed E-state index contributed by atoms with van der Waals surface area (Å²) in [6.45, 7) is 12.1. The molecular weight excluding hydrogens is 550 g/mol. The number of benzene rings is 1. The number of rotatable bonds is 5.